The smallest absolute Gasteiger partial charge is 0.255 e. The predicted molar refractivity (Wildman–Crippen MR) is 120 cm³/mol. The van der Waals surface area contributed by atoms with Gasteiger partial charge < -0.3 is 4.57 Å². The van der Waals surface area contributed by atoms with Crippen LogP contribution in [0, 0.1) is 17.8 Å². The van der Waals surface area contributed by atoms with Crippen LogP contribution in [0.1, 0.15) is 55.0 Å². The summed E-state index contributed by atoms with van der Waals surface area (Å²) in [5, 5.41) is 0. The highest BCUT2D eigenvalue weighted by atomic mass is 16.1. The van der Waals surface area contributed by atoms with Gasteiger partial charge in [0.2, 0.25) is 0 Å². The number of pyridine rings is 1. The van der Waals surface area contributed by atoms with E-state index in [2.05, 4.69) is 36.5 Å². The van der Waals surface area contributed by atoms with Crippen molar-refractivity contribution in [1.82, 2.24) is 24.3 Å². The first-order chi connectivity index (χ1) is 15.2. The summed E-state index contributed by atoms with van der Waals surface area (Å²) in [7, 11) is 0. The van der Waals surface area contributed by atoms with Crippen LogP contribution in [0.2, 0.25) is 0 Å². The molecule has 2 aromatic rings. The van der Waals surface area contributed by atoms with Crippen LogP contribution in [-0.2, 0) is 19.6 Å². The lowest BCUT2D eigenvalue weighted by molar-refractivity contribution is 0.113. The average Bonchev–Trinajstić information content (AvgIpc) is 3.19. The molecule has 0 amide bonds. The molecule has 3 aliphatic heterocycles. The van der Waals surface area contributed by atoms with Gasteiger partial charge in [-0.25, -0.2) is 0 Å². The largest absolute Gasteiger partial charge is 0.312 e. The molecule has 6 rings (SSSR count). The molecule has 31 heavy (non-hydrogen) atoms. The third-order valence-corrected chi connectivity index (χ3v) is 8.21. The van der Waals surface area contributed by atoms with Gasteiger partial charge in [-0.15, -0.1) is 0 Å². The highest BCUT2D eigenvalue weighted by Gasteiger charge is 2.37. The molecule has 1 saturated carbocycles. The summed E-state index contributed by atoms with van der Waals surface area (Å²) in [5.41, 5.74) is 3.54. The van der Waals surface area contributed by atoms with Crippen molar-refractivity contribution >= 4 is 0 Å². The van der Waals surface area contributed by atoms with Gasteiger partial charge in [0.1, 0.15) is 0 Å². The molecule has 164 valence electrons. The van der Waals surface area contributed by atoms with Crippen molar-refractivity contribution in [2.45, 2.75) is 57.7 Å². The lowest BCUT2D eigenvalue weighted by Gasteiger charge is -2.42. The quantitative estimate of drug-likeness (QED) is 0.763. The van der Waals surface area contributed by atoms with Crippen LogP contribution in [0.3, 0.4) is 0 Å². The minimum atomic E-state index is 0.268. The van der Waals surface area contributed by atoms with Crippen molar-refractivity contribution in [3.8, 4) is 0 Å². The van der Waals surface area contributed by atoms with Crippen molar-refractivity contribution in [3.63, 3.8) is 0 Å². The molecular weight excluding hydrogens is 386 g/mol. The maximum absolute atomic E-state index is 13.4. The first-order valence-corrected chi connectivity index (χ1v) is 12.1. The number of likely N-dealkylation sites (tertiary alicyclic amines) is 2. The Labute approximate surface area is 184 Å². The van der Waals surface area contributed by atoms with E-state index in [0.29, 0.717) is 11.8 Å². The minimum Gasteiger partial charge on any atom is -0.312 e. The Morgan fingerprint density at radius 1 is 0.903 bits per heavy atom. The topological polar surface area (TPSA) is 54.3 Å². The molecule has 2 saturated heterocycles. The van der Waals surface area contributed by atoms with Crippen molar-refractivity contribution in [2.24, 2.45) is 17.8 Å². The highest BCUT2D eigenvalue weighted by molar-refractivity contribution is 5.22. The molecule has 5 heterocycles. The third kappa shape index (κ3) is 3.85. The van der Waals surface area contributed by atoms with Crippen LogP contribution in [0.5, 0.6) is 0 Å². The summed E-state index contributed by atoms with van der Waals surface area (Å²) in [6.07, 6.45) is 12.1. The van der Waals surface area contributed by atoms with Crippen LogP contribution < -0.4 is 5.56 Å². The SMILES string of the molecule is O=c1c(CN2C[C@H]3CCCC[C@H]3C2)ccc2n1C[C@H]1C[C@@H]2CN(Cc2cnccn2)C1. The van der Waals surface area contributed by atoms with E-state index in [9.17, 15) is 4.79 Å². The summed E-state index contributed by atoms with van der Waals surface area (Å²) in [5.74, 6) is 2.73. The van der Waals surface area contributed by atoms with Gasteiger partial charge in [-0.3, -0.25) is 24.6 Å². The van der Waals surface area contributed by atoms with Gasteiger partial charge in [-0.05, 0) is 43.1 Å². The molecule has 6 heteroatoms. The Bertz CT molecular complexity index is 975. The predicted octanol–water partition coefficient (Wildman–Crippen LogP) is 2.88. The summed E-state index contributed by atoms with van der Waals surface area (Å²) in [6, 6.07) is 4.39. The monoisotopic (exact) mass is 419 g/mol. The second kappa shape index (κ2) is 8.14. The van der Waals surface area contributed by atoms with Gasteiger partial charge in [-0.1, -0.05) is 18.9 Å². The maximum atomic E-state index is 13.4. The molecule has 0 aromatic carbocycles. The molecule has 4 atom stereocenters. The number of aromatic nitrogens is 3. The molecule has 1 aliphatic carbocycles. The van der Waals surface area contributed by atoms with Crippen LogP contribution in [0.4, 0.5) is 0 Å². The fraction of sp³-hybridized carbons (Fsp3) is 0.640. The normalized spacial score (nSPS) is 30.7. The first kappa shape index (κ1) is 19.6. The second-order valence-corrected chi connectivity index (χ2v) is 10.4. The zero-order chi connectivity index (χ0) is 20.8. The Balaban J connectivity index is 1.18. The van der Waals surface area contributed by atoms with Crippen LogP contribution in [-0.4, -0.2) is 50.5 Å². The van der Waals surface area contributed by atoms with E-state index in [0.717, 1.165) is 55.8 Å². The fourth-order valence-electron chi connectivity index (χ4n) is 6.85. The highest BCUT2D eigenvalue weighted by Crippen LogP contribution is 2.37. The lowest BCUT2D eigenvalue weighted by Crippen LogP contribution is -2.47. The standard InChI is InChI=1S/C25H33N5O/c31-25-21(15-29-13-19-3-1-2-4-20(19)14-29)5-6-24-22-9-18(12-30(24)25)11-28(16-22)17-23-10-26-7-8-27-23/h5-8,10,18-20,22H,1-4,9,11-17H2/t18-,19-,20+,22+/m0/s1. The molecule has 6 nitrogen and oxygen atoms in total. The van der Waals surface area contributed by atoms with E-state index in [1.165, 1.54) is 50.9 Å². The molecule has 0 spiro atoms. The van der Waals surface area contributed by atoms with Crippen molar-refractivity contribution in [1.29, 1.82) is 0 Å². The number of hydrogen-bond acceptors (Lipinski definition) is 5. The van der Waals surface area contributed by atoms with Gasteiger partial charge >= 0.3 is 0 Å². The number of piperidine rings is 1. The van der Waals surface area contributed by atoms with E-state index < -0.39 is 0 Å². The van der Waals surface area contributed by atoms with Crippen LogP contribution in [0.25, 0.3) is 0 Å². The van der Waals surface area contributed by atoms with Gasteiger partial charge in [-0.2, -0.15) is 0 Å². The Hall–Kier alpha value is -2.05. The van der Waals surface area contributed by atoms with E-state index in [-0.39, 0.29) is 5.56 Å². The minimum absolute atomic E-state index is 0.268. The first-order valence-electron chi connectivity index (χ1n) is 12.1. The summed E-state index contributed by atoms with van der Waals surface area (Å²) >= 11 is 0. The Kier molecular flexibility index (Phi) is 5.15. The fourth-order valence-corrected chi connectivity index (χ4v) is 6.85. The number of fused-ring (bicyclic) bond motifs is 5. The van der Waals surface area contributed by atoms with E-state index in [1.807, 2.05) is 6.20 Å². The van der Waals surface area contributed by atoms with Crippen LogP contribution >= 0.6 is 0 Å². The van der Waals surface area contributed by atoms with Crippen molar-refractivity contribution in [3.05, 3.63) is 58.0 Å². The van der Waals surface area contributed by atoms with Crippen molar-refractivity contribution in [2.75, 3.05) is 26.2 Å². The molecule has 0 N–H and O–H groups in total. The number of rotatable bonds is 4. The molecule has 3 fully saturated rings. The molecule has 2 bridgehead atoms. The summed E-state index contributed by atoms with van der Waals surface area (Å²) in [6.45, 7) is 6.96. The van der Waals surface area contributed by atoms with Crippen molar-refractivity contribution < 1.29 is 0 Å². The maximum Gasteiger partial charge on any atom is 0.255 e. The van der Waals surface area contributed by atoms with Gasteiger partial charge in [0, 0.05) is 81.6 Å². The Morgan fingerprint density at radius 2 is 1.71 bits per heavy atom. The lowest BCUT2D eigenvalue weighted by atomic mass is 9.82. The number of hydrogen-bond donors (Lipinski definition) is 0. The van der Waals surface area contributed by atoms with Gasteiger partial charge in [0.15, 0.2) is 0 Å². The average molecular weight is 420 g/mol. The van der Waals surface area contributed by atoms with E-state index in [1.54, 1.807) is 12.4 Å². The Morgan fingerprint density at radius 3 is 2.48 bits per heavy atom. The van der Waals surface area contributed by atoms with E-state index >= 15 is 0 Å². The second-order valence-electron chi connectivity index (χ2n) is 10.4. The molecule has 0 radical (unpaired) electrons. The zero-order valence-electron chi connectivity index (χ0n) is 18.3. The van der Waals surface area contributed by atoms with Gasteiger partial charge in [0.05, 0.1) is 5.69 Å². The molecular formula is C25H33N5O. The molecule has 4 aliphatic rings. The van der Waals surface area contributed by atoms with E-state index in [4.69, 9.17) is 0 Å². The van der Waals surface area contributed by atoms with Crippen LogP contribution in [0.15, 0.2) is 35.5 Å². The summed E-state index contributed by atoms with van der Waals surface area (Å²) in [4.78, 5) is 27.1. The number of nitrogens with zero attached hydrogens (tertiary/aromatic N) is 5. The third-order valence-electron chi connectivity index (χ3n) is 8.21. The summed E-state index contributed by atoms with van der Waals surface area (Å²) < 4.78 is 2.12. The zero-order valence-corrected chi connectivity index (χ0v) is 18.3. The molecule has 0 unspecified atom stereocenters. The molecule has 2 aromatic heterocycles. The van der Waals surface area contributed by atoms with Gasteiger partial charge in [0.25, 0.3) is 5.56 Å².